The summed E-state index contributed by atoms with van der Waals surface area (Å²) in [7, 11) is 0. The number of carbonyl (C=O) groups excluding carboxylic acids is 1. The largest absolute Gasteiger partial charge is 0.419 e. The summed E-state index contributed by atoms with van der Waals surface area (Å²) in [5.74, 6) is -2.02. The second kappa shape index (κ2) is 6.35. The van der Waals surface area contributed by atoms with Gasteiger partial charge in [-0.3, -0.25) is 4.79 Å². The third-order valence-corrected chi connectivity index (χ3v) is 2.89. The fraction of sp³-hybridized carbons (Fsp3) is 0.364. The number of carbonyl (C=O) groups is 1. The maximum absolute atomic E-state index is 13.0. The number of hydrogen-bond acceptors (Lipinski definition) is 1. The smallest absolute Gasteiger partial charge is 0.352 e. The summed E-state index contributed by atoms with van der Waals surface area (Å²) < 4.78 is 51.1. The minimum atomic E-state index is -4.80. The van der Waals surface area contributed by atoms with Crippen molar-refractivity contribution >= 4 is 28.5 Å². The molecule has 0 heterocycles. The number of alkyl halides is 4. The number of benzene rings is 1. The zero-order valence-corrected chi connectivity index (χ0v) is 11.3. The molecule has 0 aliphatic heterocycles. The SMILES string of the molecule is O=C(NCCCI)c1ccc(F)c(C(F)(F)F)c1. The van der Waals surface area contributed by atoms with Crippen molar-refractivity contribution in [2.45, 2.75) is 12.6 Å². The molecular formula is C11H10F4INO. The van der Waals surface area contributed by atoms with Crippen LogP contribution >= 0.6 is 22.6 Å². The average molecular weight is 375 g/mol. The predicted octanol–water partition coefficient (Wildman–Crippen LogP) is 3.40. The van der Waals surface area contributed by atoms with E-state index in [1.807, 2.05) is 0 Å². The van der Waals surface area contributed by atoms with E-state index in [-0.39, 0.29) is 5.56 Å². The number of hydrogen-bond donors (Lipinski definition) is 1. The van der Waals surface area contributed by atoms with Gasteiger partial charge in [0.25, 0.3) is 5.91 Å². The van der Waals surface area contributed by atoms with Crippen molar-refractivity contribution in [3.8, 4) is 0 Å². The van der Waals surface area contributed by atoms with Crippen LogP contribution in [0.3, 0.4) is 0 Å². The van der Waals surface area contributed by atoms with E-state index in [2.05, 4.69) is 27.9 Å². The van der Waals surface area contributed by atoms with Crippen LogP contribution < -0.4 is 5.32 Å². The molecule has 0 atom stereocenters. The molecule has 7 heteroatoms. The molecule has 0 aliphatic rings. The molecule has 0 aliphatic carbocycles. The average Bonchev–Trinajstić information content (AvgIpc) is 2.28. The Kier molecular flexibility index (Phi) is 5.36. The molecule has 0 fully saturated rings. The molecule has 1 rings (SSSR count). The van der Waals surface area contributed by atoms with Gasteiger partial charge in [-0.1, -0.05) is 22.6 Å². The number of nitrogens with one attached hydrogen (secondary N) is 1. The van der Waals surface area contributed by atoms with Crippen LogP contribution in [0.25, 0.3) is 0 Å². The van der Waals surface area contributed by atoms with E-state index in [0.717, 1.165) is 16.9 Å². The highest BCUT2D eigenvalue weighted by atomic mass is 127. The van der Waals surface area contributed by atoms with Crippen molar-refractivity contribution in [2.75, 3.05) is 11.0 Å². The van der Waals surface area contributed by atoms with Gasteiger partial charge in [0.2, 0.25) is 0 Å². The lowest BCUT2D eigenvalue weighted by molar-refractivity contribution is -0.140. The molecule has 0 saturated heterocycles. The molecule has 1 N–H and O–H groups in total. The van der Waals surface area contributed by atoms with Crippen molar-refractivity contribution in [1.82, 2.24) is 5.32 Å². The Morgan fingerprint density at radius 2 is 2.00 bits per heavy atom. The Balaban J connectivity index is 2.88. The predicted molar refractivity (Wildman–Crippen MR) is 67.2 cm³/mol. The summed E-state index contributed by atoms with van der Waals surface area (Å²) in [5.41, 5.74) is -1.62. The van der Waals surface area contributed by atoms with Gasteiger partial charge in [0.1, 0.15) is 5.82 Å². The Hall–Kier alpha value is -0.860. The first kappa shape index (κ1) is 15.2. The van der Waals surface area contributed by atoms with Gasteiger partial charge in [-0.2, -0.15) is 13.2 Å². The van der Waals surface area contributed by atoms with E-state index < -0.39 is 23.5 Å². The Bertz CT molecular complexity index is 434. The monoisotopic (exact) mass is 375 g/mol. The third-order valence-electron chi connectivity index (χ3n) is 2.13. The topological polar surface area (TPSA) is 29.1 Å². The number of amides is 1. The van der Waals surface area contributed by atoms with Gasteiger partial charge >= 0.3 is 6.18 Å². The van der Waals surface area contributed by atoms with E-state index in [1.54, 1.807) is 0 Å². The lowest BCUT2D eigenvalue weighted by atomic mass is 10.1. The summed E-state index contributed by atoms with van der Waals surface area (Å²) in [6, 6.07) is 2.20. The molecule has 1 aromatic rings. The summed E-state index contributed by atoms with van der Waals surface area (Å²) >= 11 is 2.12. The maximum atomic E-state index is 13.0. The fourth-order valence-electron chi connectivity index (χ4n) is 1.25. The van der Waals surface area contributed by atoms with Crippen LogP contribution in [0.15, 0.2) is 18.2 Å². The van der Waals surface area contributed by atoms with Crippen LogP contribution in [0.2, 0.25) is 0 Å². The number of rotatable bonds is 4. The molecular weight excluding hydrogens is 365 g/mol. The first-order valence-electron chi connectivity index (χ1n) is 5.07. The Morgan fingerprint density at radius 3 is 2.56 bits per heavy atom. The van der Waals surface area contributed by atoms with Crippen LogP contribution in [0.1, 0.15) is 22.3 Å². The van der Waals surface area contributed by atoms with E-state index in [1.165, 1.54) is 0 Å². The standard InChI is InChI=1S/C11H10F4INO/c12-9-3-2-7(6-8(9)11(13,14)15)10(18)17-5-1-4-16/h2-3,6H,1,4-5H2,(H,17,18). The van der Waals surface area contributed by atoms with Crippen molar-refractivity contribution in [3.05, 3.63) is 35.1 Å². The normalized spacial score (nSPS) is 11.4. The highest BCUT2D eigenvalue weighted by Crippen LogP contribution is 2.31. The van der Waals surface area contributed by atoms with Crippen molar-refractivity contribution < 1.29 is 22.4 Å². The Labute approximate surface area is 115 Å². The molecule has 2 nitrogen and oxygen atoms in total. The minimum Gasteiger partial charge on any atom is -0.352 e. The lowest BCUT2D eigenvalue weighted by Gasteiger charge is -2.10. The molecule has 0 spiro atoms. The van der Waals surface area contributed by atoms with Gasteiger partial charge in [-0.15, -0.1) is 0 Å². The third kappa shape index (κ3) is 4.11. The fourth-order valence-corrected chi connectivity index (χ4v) is 1.64. The van der Waals surface area contributed by atoms with E-state index >= 15 is 0 Å². The van der Waals surface area contributed by atoms with Crippen LogP contribution in [0.4, 0.5) is 17.6 Å². The molecule has 18 heavy (non-hydrogen) atoms. The molecule has 1 amide bonds. The van der Waals surface area contributed by atoms with Gasteiger partial charge in [-0.25, -0.2) is 4.39 Å². The lowest BCUT2D eigenvalue weighted by Crippen LogP contribution is -2.25. The van der Waals surface area contributed by atoms with Crippen LogP contribution in [-0.4, -0.2) is 16.9 Å². The molecule has 1 aromatic carbocycles. The van der Waals surface area contributed by atoms with Crippen molar-refractivity contribution in [2.24, 2.45) is 0 Å². The summed E-state index contributed by atoms with van der Waals surface area (Å²) in [5, 5.41) is 2.46. The summed E-state index contributed by atoms with van der Waals surface area (Å²) in [6.07, 6.45) is -4.08. The molecule has 100 valence electrons. The van der Waals surface area contributed by atoms with Crippen molar-refractivity contribution in [1.29, 1.82) is 0 Å². The summed E-state index contributed by atoms with van der Waals surface area (Å²) in [6.45, 7) is 0.375. The quantitative estimate of drug-likeness (QED) is 0.372. The van der Waals surface area contributed by atoms with E-state index in [9.17, 15) is 22.4 Å². The van der Waals surface area contributed by atoms with E-state index in [4.69, 9.17) is 0 Å². The molecule has 0 saturated carbocycles. The zero-order valence-electron chi connectivity index (χ0n) is 9.15. The number of halogens is 5. The van der Waals surface area contributed by atoms with Gasteiger partial charge < -0.3 is 5.32 Å². The van der Waals surface area contributed by atoms with Gasteiger partial charge in [0.15, 0.2) is 0 Å². The highest BCUT2D eigenvalue weighted by Gasteiger charge is 2.34. The second-order valence-corrected chi connectivity index (χ2v) is 4.57. The van der Waals surface area contributed by atoms with Gasteiger partial charge in [-0.05, 0) is 24.6 Å². The second-order valence-electron chi connectivity index (χ2n) is 3.49. The first-order chi connectivity index (χ1) is 8.36. The molecule has 0 aromatic heterocycles. The molecule has 0 bridgehead atoms. The highest BCUT2D eigenvalue weighted by molar-refractivity contribution is 14.1. The summed E-state index contributed by atoms with van der Waals surface area (Å²) in [4.78, 5) is 11.5. The molecule has 0 radical (unpaired) electrons. The molecule has 0 unspecified atom stereocenters. The maximum Gasteiger partial charge on any atom is 0.419 e. The first-order valence-corrected chi connectivity index (χ1v) is 6.59. The minimum absolute atomic E-state index is 0.197. The van der Waals surface area contributed by atoms with Crippen LogP contribution in [-0.2, 0) is 6.18 Å². The van der Waals surface area contributed by atoms with Gasteiger partial charge in [0, 0.05) is 16.5 Å². The zero-order chi connectivity index (χ0) is 13.8. The van der Waals surface area contributed by atoms with Crippen LogP contribution in [0.5, 0.6) is 0 Å². The Morgan fingerprint density at radius 1 is 1.33 bits per heavy atom. The van der Waals surface area contributed by atoms with Gasteiger partial charge in [0.05, 0.1) is 5.56 Å². The van der Waals surface area contributed by atoms with E-state index in [0.29, 0.717) is 18.7 Å². The van der Waals surface area contributed by atoms with Crippen molar-refractivity contribution in [3.63, 3.8) is 0 Å². The van der Waals surface area contributed by atoms with Crippen LogP contribution in [0, 0.1) is 5.82 Å².